The van der Waals surface area contributed by atoms with Gasteiger partial charge in [-0.2, -0.15) is 13.2 Å². The summed E-state index contributed by atoms with van der Waals surface area (Å²) in [5.74, 6) is -0.194. The molecule has 0 bridgehead atoms. The molecule has 3 aromatic rings. The van der Waals surface area contributed by atoms with Gasteiger partial charge >= 0.3 is 6.18 Å². The van der Waals surface area contributed by atoms with Gasteiger partial charge in [0.1, 0.15) is 12.4 Å². The zero-order valence-corrected chi connectivity index (χ0v) is 17.4. The second-order valence-corrected chi connectivity index (χ2v) is 7.86. The average molecular weight is 430 g/mol. The first-order valence-corrected chi connectivity index (χ1v) is 10.4. The second-order valence-electron chi connectivity index (χ2n) is 7.86. The first-order chi connectivity index (χ1) is 14.9. The standard InChI is InChI=1S/C24H25F3N2O2/c1-30-23(12-3-2-4-13-23)19-6-5-7-21(16-19)31-17-18-8-10-20(11-9-18)29-15-14-28-22(29)24(25,26)27/h5-11,14-16H,2-4,12-13,17H2,1H3. The van der Waals surface area contributed by atoms with Crippen LogP contribution in [0.25, 0.3) is 5.69 Å². The van der Waals surface area contributed by atoms with Crippen LogP contribution in [-0.2, 0) is 23.1 Å². The fraction of sp³-hybridized carbons (Fsp3) is 0.375. The summed E-state index contributed by atoms with van der Waals surface area (Å²) in [6.45, 7) is 0.319. The first-order valence-electron chi connectivity index (χ1n) is 10.4. The Bertz CT molecular complexity index is 1010. The number of benzene rings is 2. The molecule has 2 aromatic carbocycles. The van der Waals surface area contributed by atoms with E-state index in [1.54, 1.807) is 31.4 Å². The summed E-state index contributed by atoms with van der Waals surface area (Å²) in [4.78, 5) is 3.42. The third-order valence-electron chi connectivity index (χ3n) is 5.93. The first kappa shape index (κ1) is 21.4. The summed E-state index contributed by atoms with van der Waals surface area (Å²) in [6.07, 6.45) is 3.49. The molecule has 7 heteroatoms. The highest BCUT2D eigenvalue weighted by Gasteiger charge is 2.36. The van der Waals surface area contributed by atoms with Crippen molar-refractivity contribution >= 4 is 0 Å². The van der Waals surface area contributed by atoms with Gasteiger partial charge in [-0.1, -0.05) is 43.5 Å². The Morgan fingerprint density at radius 2 is 1.77 bits per heavy atom. The number of rotatable bonds is 6. The highest BCUT2D eigenvalue weighted by Crippen LogP contribution is 2.41. The number of ether oxygens (including phenoxy) is 2. The molecule has 164 valence electrons. The number of hydrogen-bond donors (Lipinski definition) is 0. The normalized spacial score (nSPS) is 16.3. The number of aromatic nitrogens is 2. The van der Waals surface area contributed by atoms with E-state index in [0.29, 0.717) is 12.3 Å². The van der Waals surface area contributed by atoms with Gasteiger partial charge < -0.3 is 9.47 Å². The Labute approximate surface area is 179 Å². The molecule has 1 heterocycles. The average Bonchev–Trinajstić information content (AvgIpc) is 3.29. The smallest absolute Gasteiger partial charge is 0.450 e. The quantitative estimate of drug-likeness (QED) is 0.462. The molecule has 0 radical (unpaired) electrons. The van der Waals surface area contributed by atoms with Gasteiger partial charge in [0.05, 0.1) is 5.60 Å². The Balaban J connectivity index is 1.45. The van der Waals surface area contributed by atoms with E-state index in [1.165, 1.54) is 12.6 Å². The molecule has 0 aliphatic heterocycles. The Hall–Kier alpha value is -2.80. The minimum atomic E-state index is -4.51. The summed E-state index contributed by atoms with van der Waals surface area (Å²) >= 11 is 0. The van der Waals surface area contributed by atoms with Crippen LogP contribution < -0.4 is 4.74 Å². The lowest BCUT2D eigenvalue weighted by Crippen LogP contribution is -2.31. The number of nitrogens with zero attached hydrogens (tertiary/aromatic N) is 2. The third kappa shape index (κ3) is 4.61. The monoisotopic (exact) mass is 430 g/mol. The van der Waals surface area contributed by atoms with E-state index in [0.717, 1.165) is 53.3 Å². The Kier molecular flexibility index (Phi) is 6.05. The summed E-state index contributed by atoms with van der Waals surface area (Å²) in [6, 6.07) is 14.8. The van der Waals surface area contributed by atoms with Crippen molar-refractivity contribution in [3.63, 3.8) is 0 Å². The molecular weight excluding hydrogens is 405 g/mol. The van der Waals surface area contributed by atoms with Crippen molar-refractivity contribution in [3.8, 4) is 11.4 Å². The zero-order chi connectivity index (χ0) is 21.9. The van der Waals surface area contributed by atoms with E-state index < -0.39 is 12.0 Å². The highest BCUT2D eigenvalue weighted by atomic mass is 19.4. The van der Waals surface area contributed by atoms with Crippen LogP contribution in [0.1, 0.15) is 49.1 Å². The van der Waals surface area contributed by atoms with E-state index in [4.69, 9.17) is 9.47 Å². The van der Waals surface area contributed by atoms with E-state index in [2.05, 4.69) is 11.1 Å². The summed E-state index contributed by atoms with van der Waals surface area (Å²) in [5.41, 5.74) is 2.14. The minimum absolute atomic E-state index is 0.250. The van der Waals surface area contributed by atoms with Crippen LogP contribution in [0, 0.1) is 0 Å². The van der Waals surface area contributed by atoms with Crippen LogP contribution in [0.15, 0.2) is 60.9 Å². The third-order valence-corrected chi connectivity index (χ3v) is 5.93. The lowest BCUT2D eigenvalue weighted by Gasteiger charge is -2.36. The van der Waals surface area contributed by atoms with Gasteiger partial charge in [-0.05, 0) is 48.2 Å². The molecule has 0 unspecified atom stereocenters. The number of halogens is 3. The molecule has 1 aliphatic carbocycles. The molecule has 1 aliphatic rings. The highest BCUT2D eigenvalue weighted by molar-refractivity contribution is 5.37. The van der Waals surface area contributed by atoms with E-state index in [9.17, 15) is 13.2 Å². The van der Waals surface area contributed by atoms with Gasteiger partial charge in [0.15, 0.2) is 0 Å². The largest absolute Gasteiger partial charge is 0.489 e. The van der Waals surface area contributed by atoms with Gasteiger partial charge in [-0.25, -0.2) is 4.98 Å². The van der Waals surface area contributed by atoms with Crippen LogP contribution >= 0.6 is 0 Å². The fourth-order valence-corrected chi connectivity index (χ4v) is 4.24. The van der Waals surface area contributed by atoms with Crippen LogP contribution in [0.4, 0.5) is 13.2 Å². The summed E-state index contributed by atoms with van der Waals surface area (Å²) < 4.78 is 52.1. The maximum Gasteiger partial charge on any atom is 0.450 e. The van der Waals surface area contributed by atoms with E-state index in [1.807, 2.05) is 18.2 Å². The Morgan fingerprint density at radius 1 is 1.03 bits per heavy atom. The van der Waals surface area contributed by atoms with Gasteiger partial charge in [0.25, 0.3) is 0 Å². The van der Waals surface area contributed by atoms with Crippen molar-refractivity contribution in [1.29, 1.82) is 0 Å². The predicted octanol–water partition coefficient (Wildman–Crippen LogP) is 6.28. The molecule has 4 rings (SSSR count). The van der Waals surface area contributed by atoms with E-state index in [-0.39, 0.29) is 5.60 Å². The topological polar surface area (TPSA) is 36.3 Å². The fourth-order valence-electron chi connectivity index (χ4n) is 4.24. The van der Waals surface area contributed by atoms with Gasteiger partial charge in [-0.3, -0.25) is 4.57 Å². The van der Waals surface area contributed by atoms with Crippen molar-refractivity contribution in [1.82, 2.24) is 9.55 Å². The Morgan fingerprint density at radius 3 is 2.45 bits per heavy atom. The van der Waals surface area contributed by atoms with Crippen LogP contribution in [0.3, 0.4) is 0 Å². The van der Waals surface area contributed by atoms with Crippen molar-refractivity contribution in [2.75, 3.05) is 7.11 Å². The van der Waals surface area contributed by atoms with Crippen molar-refractivity contribution in [2.45, 2.75) is 50.5 Å². The maximum absolute atomic E-state index is 13.1. The molecule has 1 saturated carbocycles. The molecule has 1 fully saturated rings. The van der Waals surface area contributed by atoms with Gasteiger partial charge in [0.2, 0.25) is 5.82 Å². The number of imidazole rings is 1. The van der Waals surface area contributed by atoms with Crippen molar-refractivity contribution in [2.24, 2.45) is 0 Å². The molecule has 1 aromatic heterocycles. The zero-order valence-electron chi connectivity index (χ0n) is 17.4. The maximum atomic E-state index is 13.1. The second kappa shape index (κ2) is 8.75. The predicted molar refractivity (Wildman–Crippen MR) is 111 cm³/mol. The molecule has 0 saturated heterocycles. The number of hydrogen-bond acceptors (Lipinski definition) is 3. The van der Waals surface area contributed by atoms with Gasteiger partial charge in [0, 0.05) is 25.2 Å². The lowest BCUT2D eigenvalue weighted by molar-refractivity contribution is -0.145. The van der Waals surface area contributed by atoms with Crippen LogP contribution in [-0.4, -0.2) is 16.7 Å². The molecule has 0 N–H and O–H groups in total. The molecule has 4 nitrogen and oxygen atoms in total. The molecular formula is C24H25F3N2O2. The van der Waals surface area contributed by atoms with Gasteiger partial charge in [-0.15, -0.1) is 0 Å². The molecule has 0 atom stereocenters. The SMILES string of the molecule is COC1(c2cccc(OCc3ccc(-n4ccnc4C(F)(F)F)cc3)c2)CCCCC1. The van der Waals surface area contributed by atoms with Crippen LogP contribution in [0.2, 0.25) is 0 Å². The summed E-state index contributed by atoms with van der Waals surface area (Å²) in [7, 11) is 1.77. The molecule has 31 heavy (non-hydrogen) atoms. The molecule has 0 amide bonds. The minimum Gasteiger partial charge on any atom is -0.489 e. The molecule has 0 spiro atoms. The van der Waals surface area contributed by atoms with Crippen molar-refractivity contribution in [3.05, 3.63) is 77.9 Å². The lowest BCUT2D eigenvalue weighted by atomic mass is 9.79. The van der Waals surface area contributed by atoms with E-state index >= 15 is 0 Å². The number of methoxy groups -OCH3 is 1. The van der Waals surface area contributed by atoms with Crippen LogP contribution in [0.5, 0.6) is 5.75 Å². The van der Waals surface area contributed by atoms with Crippen molar-refractivity contribution < 1.29 is 22.6 Å². The summed E-state index contributed by atoms with van der Waals surface area (Å²) in [5, 5.41) is 0. The number of alkyl halides is 3.